The maximum absolute atomic E-state index is 12.4. The molecule has 6 rings (SSSR count). The Morgan fingerprint density at radius 2 is 1.64 bits per heavy atom. The molecule has 1 aliphatic rings. The lowest BCUT2D eigenvalue weighted by Gasteiger charge is -2.13. The fourth-order valence-corrected chi connectivity index (χ4v) is 5.04. The van der Waals surface area contributed by atoms with Crippen LogP contribution in [0.25, 0.3) is 27.5 Å². The molecule has 0 fully saturated rings. The molecule has 164 valence electrons. The minimum Gasteiger partial charge on any atom is -0.453 e. The van der Waals surface area contributed by atoms with E-state index in [9.17, 15) is 9.59 Å². The Kier molecular flexibility index (Phi) is 4.76. The molecule has 0 radical (unpaired) electrons. The Morgan fingerprint density at radius 3 is 2.42 bits per heavy atom. The maximum Gasteiger partial charge on any atom is 0.261 e. The largest absolute Gasteiger partial charge is 0.453 e. The van der Waals surface area contributed by atoms with Gasteiger partial charge in [-0.25, -0.2) is 0 Å². The number of imide groups is 1. The van der Waals surface area contributed by atoms with E-state index in [4.69, 9.17) is 4.42 Å². The third-order valence-electron chi connectivity index (χ3n) is 5.83. The molecule has 3 aromatic heterocycles. The van der Waals surface area contributed by atoms with Crippen LogP contribution < -0.4 is 0 Å². The van der Waals surface area contributed by atoms with Crippen molar-refractivity contribution in [2.45, 2.75) is 25.7 Å². The zero-order chi connectivity index (χ0) is 22.4. The summed E-state index contributed by atoms with van der Waals surface area (Å²) in [6, 6.07) is 16.8. The summed E-state index contributed by atoms with van der Waals surface area (Å²) >= 11 is 1.51. The number of nitrogens with zero attached hydrogens (tertiary/aromatic N) is 5. The number of carbonyl (C=O) groups excluding carboxylic acids is 2. The van der Waals surface area contributed by atoms with Crippen LogP contribution in [0.3, 0.4) is 0 Å². The second kappa shape index (κ2) is 7.93. The van der Waals surface area contributed by atoms with Crippen molar-refractivity contribution < 1.29 is 14.0 Å². The maximum atomic E-state index is 12.4. The molecular weight excluding hydrogens is 438 g/mol. The highest BCUT2D eigenvalue weighted by Gasteiger charge is 2.34. The lowest BCUT2D eigenvalue weighted by molar-refractivity contribution is 0.0651. The van der Waals surface area contributed by atoms with Crippen LogP contribution in [-0.2, 0) is 6.42 Å². The number of fused-ring (bicyclic) bond motifs is 3. The topological polar surface area (TPSA) is 93.6 Å². The van der Waals surface area contributed by atoms with Crippen molar-refractivity contribution in [3.63, 3.8) is 0 Å². The number of hydrogen-bond acceptors (Lipinski definition) is 7. The van der Waals surface area contributed by atoms with Crippen molar-refractivity contribution in [2.24, 2.45) is 0 Å². The highest BCUT2D eigenvalue weighted by molar-refractivity contribution is 7.16. The number of aryl methyl sites for hydroxylation is 1. The average Bonchev–Trinajstić information content (AvgIpc) is 3.57. The van der Waals surface area contributed by atoms with Gasteiger partial charge in [0.05, 0.1) is 11.1 Å². The van der Waals surface area contributed by atoms with Crippen molar-refractivity contribution in [3.05, 3.63) is 70.7 Å². The fraction of sp³-hybridized carbons (Fsp3) is 0.208. The predicted molar refractivity (Wildman–Crippen MR) is 123 cm³/mol. The van der Waals surface area contributed by atoms with Crippen LogP contribution in [0.15, 0.2) is 59.0 Å². The van der Waals surface area contributed by atoms with Gasteiger partial charge in [-0.2, -0.15) is 9.61 Å². The zero-order valence-electron chi connectivity index (χ0n) is 17.6. The number of rotatable bonds is 7. The number of furan rings is 1. The van der Waals surface area contributed by atoms with Crippen molar-refractivity contribution in [2.75, 3.05) is 6.54 Å². The fourth-order valence-electron chi connectivity index (χ4n) is 4.17. The second-order valence-corrected chi connectivity index (χ2v) is 9.02. The van der Waals surface area contributed by atoms with Gasteiger partial charge < -0.3 is 4.42 Å². The normalized spacial score (nSPS) is 13.5. The summed E-state index contributed by atoms with van der Waals surface area (Å²) in [5, 5.41) is 15.2. The highest BCUT2D eigenvalue weighted by Crippen LogP contribution is 2.28. The first-order valence-electron chi connectivity index (χ1n) is 10.8. The molecule has 9 heteroatoms. The van der Waals surface area contributed by atoms with Crippen LogP contribution >= 0.6 is 11.3 Å². The summed E-state index contributed by atoms with van der Waals surface area (Å²) in [7, 11) is 0. The number of hydrogen-bond donors (Lipinski definition) is 0. The Bertz CT molecular complexity index is 1450. The van der Waals surface area contributed by atoms with Gasteiger partial charge in [0.2, 0.25) is 10.8 Å². The first-order chi connectivity index (χ1) is 16.2. The van der Waals surface area contributed by atoms with Gasteiger partial charge in [0.15, 0.2) is 5.76 Å². The Labute approximate surface area is 192 Å². The van der Waals surface area contributed by atoms with Crippen molar-refractivity contribution in [3.8, 4) is 11.6 Å². The third-order valence-corrected chi connectivity index (χ3v) is 6.79. The molecular formula is C24H19N5O3S. The van der Waals surface area contributed by atoms with Crippen molar-refractivity contribution in [1.29, 1.82) is 0 Å². The minimum absolute atomic E-state index is 0.192. The number of para-hydroxylation sites is 1. The quantitative estimate of drug-likeness (QED) is 0.262. The summed E-state index contributed by atoms with van der Waals surface area (Å²) in [5.41, 5.74) is 1.81. The molecule has 5 aromatic rings. The molecule has 0 unspecified atom stereocenters. The number of carbonyl (C=O) groups is 2. The van der Waals surface area contributed by atoms with E-state index in [0.29, 0.717) is 29.3 Å². The van der Waals surface area contributed by atoms with Crippen molar-refractivity contribution in [1.82, 2.24) is 24.7 Å². The smallest absolute Gasteiger partial charge is 0.261 e. The number of aromatic nitrogens is 4. The summed E-state index contributed by atoms with van der Waals surface area (Å²) in [6.45, 7) is 0.438. The lowest BCUT2D eigenvalue weighted by atomic mass is 10.1. The summed E-state index contributed by atoms with van der Waals surface area (Å²) in [5.74, 6) is 0.848. The molecule has 33 heavy (non-hydrogen) atoms. The van der Waals surface area contributed by atoms with Gasteiger partial charge in [0, 0.05) is 18.4 Å². The average molecular weight is 458 g/mol. The second-order valence-electron chi connectivity index (χ2n) is 7.98. The van der Waals surface area contributed by atoms with E-state index in [2.05, 4.69) is 15.3 Å². The molecule has 2 aromatic carbocycles. The molecule has 8 nitrogen and oxygen atoms in total. The van der Waals surface area contributed by atoms with Gasteiger partial charge in [-0.05, 0) is 37.1 Å². The van der Waals surface area contributed by atoms with Gasteiger partial charge >= 0.3 is 0 Å². The summed E-state index contributed by atoms with van der Waals surface area (Å²) < 4.78 is 7.65. The third kappa shape index (κ3) is 3.41. The first kappa shape index (κ1) is 19.8. The van der Waals surface area contributed by atoms with Crippen LogP contribution in [0, 0.1) is 0 Å². The van der Waals surface area contributed by atoms with Crippen LogP contribution in [0.1, 0.15) is 45.0 Å². The van der Waals surface area contributed by atoms with Crippen LogP contribution in [0.4, 0.5) is 0 Å². The molecule has 0 aliphatic carbocycles. The highest BCUT2D eigenvalue weighted by atomic mass is 32.1. The van der Waals surface area contributed by atoms with E-state index >= 15 is 0 Å². The standard InChI is InChI=1S/C24H19N5O3S/c30-22-16-9-4-5-10-17(16)23(31)28(22)13-7-1-2-12-20-27-29-21(25-26-24(29)33-20)19-14-15-8-3-6-11-18(15)32-19/h3-6,8-11,14H,1-2,7,12-13H2. The minimum atomic E-state index is -0.192. The molecule has 0 saturated heterocycles. The van der Waals surface area contributed by atoms with E-state index in [0.717, 1.165) is 46.6 Å². The summed E-state index contributed by atoms with van der Waals surface area (Å²) in [4.78, 5) is 27.0. The molecule has 0 bridgehead atoms. The van der Waals surface area contributed by atoms with E-state index in [-0.39, 0.29) is 11.8 Å². The van der Waals surface area contributed by atoms with Crippen LogP contribution in [-0.4, -0.2) is 43.1 Å². The van der Waals surface area contributed by atoms with E-state index in [1.54, 1.807) is 28.8 Å². The molecule has 0 N–H and O–H groups in total. The van der Waals surface area contributed by atoms with Gasteiger partial charge in [0.25, 0.3) is 11.8 Å². The van der Waals surface area contributed by atoms with Crippen LogP contribution in [0.5, 0.6) is 0 Å². The molecule has 2 amide bonds. The van der Waals surface area contributed by atoms with Crippen molar-refractivity contribution >= 4 is 39.1 Å². The Hall–Kier alpha value is -3.85. The van der Waals surface area contributed by atoms with Gasteiger partial charge in [-0.15, -0.1) is 10.2 Å². The van der Waals surface area contributed by atoms with Gasteiger partial charge in [0.1, 0.15) is 10.6 Å². The number of unbranched alkanes of at least 4 members (excludes halogenated alkanes) is 2. The van der Waals surface area contributed by atoms with E-state index in [1.165, 1.54) is 16.2 Å². The molecule has 1 aliphatic heterocycles. The predicted octanol–water partition coefficient (Wildman–Crippen LogP) is 4.61. The van der Waals surface area contributed by atoms with Crippen LogP contribution in [0.2, 0.25) is 0 Å². The molecule has 4 heterocycles. The zero-order valence-corrected chi connectivity index (χ0v) is 18.4. The Balaban J connectivity index is 1.07. The number of benzene rings is 2. The van der Waals surface area contributed by atoms with Gasteiger partial charge in [-0.1, -0.05) is 48.1 Å². The summed E-state index contributed by atoms with van der Waals surface area (Å²) in [6.07, 6.45) is 3.37. The van der Waals surface area contributed by atoms with Gasteiger partial charge in [-0.3, -0.25) is 14.5 Å². The van der Waals surface area contributed by atoms with E-state index in [1.807, 2.05) is 30.3 Å². The molecule has 0 atom stereocenters. The number of amides is 2. The molecule has 0 spiro atoms. The van der Waals surface area contributed by atoms with E-state index < -0.39 is 0 Å². The SMILES string of the molecule is O=C1c2ccccc2C(=O)N1CCCCCc1nn2c(-c3cc4ccccc4o3)nnc2s1. The first-order valence-corrected chi connectivity index (χ1v) is 11.7. The molecule has 0 saturated carbocycles. The Morgan fingerprint density at radius 1 is 0.879 bits per heavy atom. The monoisotopic (exact) mass is 457 g/mol. The lowest BCUT2D eigenvalue weighted by Crippen LogP contribution is -2.30.